The maximum Gasteiger partial charge on any atom is 0.120 e. The first kappa shape index (κ1) is 18.3. The Morgan fingerprint density at radius 2 is 1.73 bits per heavy atom. The predicted molar refractivity (Wildman–Crippen MR) is 118 cm³/mol. The van der Waals surface area contributed by atoms with Crippen LogP contribution in [-0.4, -0.2) is 22.1 Å². The minimum atomic E-state index is 0.443. The third kappa shape index (κ3) is 3.40. The number of H-pyrrole nitrogens is 1. The van der Waals surface area contributed by atoms with E-state index in [1.165, 1.54) is 0 Å². The van der Waals surface area contributed by atoms with Crippen molar-refractivity contribution in [2.24, 2.45) is 0 Å². The molecule has 3 aromatic heterocycles. The van der Waals surface area contributed by atoms with Gasteiger partial charge in [0.1, 0.15) is 12.4 Å². The lowest BCUT2D eigenvalue weighted by Crippen LogP contribution is -1.98. The second kappa shape index (κ2) is 7.97. The summed E-state index contributed by atoms with van der Waals surface area (Å²) in [5.74, 6) is 0.826. The van der Waals surface area contributed by atoms with Crippen LogP contribution in [0.25, 0.3) is 33.2 Å². The molecule has 0 saturated heterocycles. The Hall–Kier alpha value is -3.70. The molecule has 0 aliphatic carbocycles. The van der Waals surface area contributed by atoms with Crippen LogP contribution in [0.2, 0.25) is 0 Å². The van der Waals surface area contributed by atoms with E-state index in [1.807, 2.05) is 54.7 Å². The molecule has 2 aromatic carbocycles. The molecule has 0 aliphatic heterocycles. The number of benzene rings is 2. The molecular formula is C25H21N3O2. The highest BCUT2D eigenvalue weighted by Gasteiger charge is 2.17. The van der Waals surface area contributed by atoms with Crippen molar-refractivity contribution in [3.05, 3.63) is 90.3 Å². The van der Waals surface area contributed by atoms with E-state index in [2.05, 4.69) is 33.2 Å². The van der Waals surface area contributed by atoms with Gasteiger partial charge in [0.05, 0.1) is 29.7 Å². The van der Waals surface area contributed by atoms with Gasteiger partial charge in [0, 0.05) is 35.2 Å². The first-order chi connectivity index (χ1) is 14.8. The minimum absolute atomic E-state index is 0.443. The molecule has 0 spiro atoms. The van der Waals surface area contributed by atoms with Gasteiger partial charge in [-0.3, -0.25) is 9.97 Å². The van der Waals surface area contributed by atoms with Gasteiger partial charge in [0.15, 0.2) is 0 Å². The van der Waals surface area contributed by atoms with Crippen molar-refractivity contribution in [1.82, 2.24) is 15.0 Å². The fraction of sp³-hybridized carbons (Fsp3) is 0.120. The summed E-state index contributed by atoms with van der Waals surface area (Å²) in [5, 5.41) is 2.18. The van der Waals surface area contributed by atoms with Crippen molar-refractivity contribution in [3.63, 3.8) is 0 Å². The number of pyridine rings is 2. The average Bonchev–Trinajstić information content (AvgIpc) is 3.17. The number of rotatable bonds is 6. The second-order valence-corrected chi connectivity index (χ2v) is 7.13. The Kier molecular flexibility index (Phi) is 4.87. The van der Waals surface area contributed by atoms with Gasteiger partial charge in [-0.15, -0.1) is 0 Å². The van der Waals surface area contributed by atoms with Crippen LogP contribution in [0, 0.1) is 0 Å². The summed E-state index contributed by atoms with van der Waals surface area (Å²) in [6.07, 6.45) is 3.64. The molecule has 5 rings (SSSR count). The molecule has 30 heavy (non-hydrogen) atoms. The highest BCUT2D eigenvalue weighted by atomic mass is 16.5. The number of aromatic nitrogens is 3. The fourth-order valence-corrected chi connectivity index (χ4v) is 3.78. The topological polar surface area (TPSA) is 60.0 Å². The molecule has 0 radical (unpaired) electrons. The lowest BCUT2D eigenvalue weighted by molar-refractivity contribution is 0.186. The van der Waals surface area contributed by atoms with Gasteiger partial charge in [0.25, 0.3) is 0 Å². The van der Waals surface area contributed by atoms with Gasteiger partial charge in [-0.05, 0) is 35.9 Å². The van der Waals surface area contributed by atoms with Crippen LogP contribution in [0.4, 0.5) is 0 Å². The lowest BCUT2D eigenvalue weighted by Gasteiger charge is -2.10. The van der Waals surface area contributed by atoms with Crippen LogP contribution >= 0.6 is 0 Å². The summed E-state index contributed by atoms with van der Waals surface area (Å²) in [5.41, 5.74) is 5.82. The minimum Gasteiger partial charge on any atom is -0.489 e. The summed E-state index contributed by atoms with van der Waals surface area (Å²) < 4.78 is 11.6. The van der Waals surface area contributed by atoms with E-state index in [0.29, 0.717) is 13.2 Å². The van der Waals surface area contributed by atoms with Gasteiger partial charge in [0.2, 0.25) is 0 Å². The highest BCUT2D eigenvalue weighted by Crippen LogP contribution is 2.35. The molecule has 0 saturated carbocycles. The van der Waals surface area contributed by atoms with Gasteiger partial charge < -0.3 is 14.5 Å². The Labute approximate surface area is 174 Å². The Morgan fingerprint density at radius 1 is 0.867 bits per heavy atom. The van der Waals surface area contributed by atoms with E-state index >= 15 is 0 Å². The first-order valence-electron chi connectivity index (χ1n) is 9.84. The second-order valence-electron chi connectivity index (χ2n) is 7.13. The van der Waals surface area contributed by atoms with Gasteiger partial charge in [-0.2, -0.15) is 0 Å². The van der Waals surface area contributed by atoms with Crippen LogP contribution < -0.4 is 4.74 Å². The maximum atomic E-state index is 6.06. The molecule has 1 N–H and O–H groups in total. The zero-order valence-corrected chi connectivity index (χ0v) is 16.6. The van der Waals surface area contributed by atoms with Crippen molar-refractivity contribution in [2.75, 3.05) is 7.11 Å². The number of nitrogens with zero attached hydrogens (tertiary/aromatic N) is 2. The fourth-order valence-electron chi connectivity index (χ4n) is 3.78. The van der Waals surface area contributed by atoms with Crippen molar-refractivity contribution in [2.45, 2.75) is 13.2 Å². The average molecular weight is 395 g/mol. The SMILES string of the molecule is COCc1c(-c2ccccn2)ncc2[nH]c3ccc(OCc4ccccc4)cc3c12. The number of fused-ring (bicyclic) bond motifs is 3. The molecule has 0 unspecified atom stereocenters. The molecule has 0 fully saturated rings. The zero-order chi connectivity index (χ0) is 20.3. The highest BCUT2D eigenvalue weighted by molar-refractivity contribution is 6.10. The Morgan fingerprint density at radius 3 is 2.53 bits per heavy atom. The molecule has 0 aliphatic rings. The normalized spacial score (nSPS) is 11.2. The monoisotopic (exact) mass is 395 g/mol. The van der Waals surface area contributed by atoms with Crippen molar-refractivity contribution in [3.8, 4) is 17.1 Å². The van der Waals surface area contributed by atoms with E-state index in [4.69, 9.17) is 9.47 Å². The summed E-state index contributed by atoms with van der Waals surface area (Å²) in [4.78, 5) is 12.6. The standard InChI is InChI=1S/C25H21N3O2/c1-29-16-20-24-19-13-18(30-15-17-7-3-2-4-8-17)10-11-21(19)28-23(24)14-27-25(20)22-9-5-6-12-26-22/h2-14,28H,15-16H2,1H3. The van der Waals surface area contributed by atoms with E-state index < -0.39 is 0 Å². The quantitative estimate of drug-likeness (QED) is 0.412. The van der Waals surface area contributed by atoms with Crippen LogP contribution in [0.3, 0.4) is 0 Å². The van der Waals surface area contributed by atoms with E-state index in [1.54, 1.807) is 13.3 Å². The van der Waals surface area contributed by atoms with Crippen LogP contribution in [0.1, 0.15) is 11.1 Å². The number of hydrogen-bond donors (Lipinski definition) is 1. The van der Waals surface area contributed by atoms with Crippen molar-refractivity contribution < 1.29 is 9.47 Å². The number of ether oxygens (including phenoxy) is 2. The molecule has 0 atom stereocenters. The molecule has 5 heteroatoms. The van der Waals surface area contributed by atoms with E-state index in [9.17, 15) is 0 Å². The first-order valence-corrected chi connectivity index (χ1v) is 9.84. The molecule has 3 heterocycles. The molecule has 148 valence electrons. The number of hydrogen-bond acceptors (Lipinski definition) is 4. The van der Waals surface area contributed by atoms with Gasteiger partial charge >= 0.3 is 0 Å². The Bertz CT molecular complexity index is 1300. The Balaban J connectivity index is 1.62. The molecular weight excluding hydrogens is 374 g/mol. The smallest absolute Gasteiger partial charge is 0.120 e. The van der Waals surface area contributed by atoms with Crippen LogP contribution in [0.15, 0.2) is 79.1 Å². The van der Waals surface area contributed by atoms with Crippen molar-refractivity contribution in [1.29, 1.82) is 0 Å². The number of methoxy groups -OCH3 is 1. The summed E-state index contributed by atoms with van der Waals surface area (Å²) >= 11 is 0. The van der Waals surface area contributed by atoms with Crippen LogP contribution in [0.5, 0.6) is 5.75 Å². The molecule has 0 bridgehead atoms. The van der Waals surface area contributed by atoms with Gasteiger partial charge in [-0.25, -0.2) is 0 Å². The van der Waals surface area contributed by atoms with Gasteiger partial charge in [-0.1, -0.05) is 36.4 Å². The third-order valence-corrected chi connectivity index (χ3v) is 5.15. The maximum absolute atomic E-state index is 6.06. The third-order valence-electron chi connectivity index (χ3n) is 5.15. The number of aromatic amines is 1. The largest absolute Gasteiger partial charge is 0.489 e. The molecule has 5 aromatic rings. The van der Waals surface area contributed by atoms with E-state index in [-0.39, 0.29) is 0 Å². The molecule has 0 amide bonds. The lowest BCUT2D eigenvalue weighted by atomic mass is 10.0. The van der Waals surface area contributed by atoms with E-state index in [0.717, 1.165) is 50.1 Å². The summed E-state index contributed by atoms with van der Waals surface area (Å²) in [6, 6.07) is 22.1. The summed E-state index contributed by atoms with van der Waals surface area (Å²) in [6.45, 7) is 0.971. The van der Waals surface area contributed by atoms with Crippen molar-refractivity contribution >= 4 is 21.8 Å². The number of nitrogens with one attached hydrogen (secondary N) is 1. The predicted octanol–water partition coefficient (Wildman–Crippen LogP) is 5.50. The zero-order valence-electron chi connectivity index (χ0n) is 16.6. The summed E-state index contributed by atoms with van der Waals surface area (Å²) in [7, 11) is 1.70. The molecule has 5 nitrogen and oxygen atoms in total. The van der Waals surface area contributed by atoms with Crippen LogP contribution in [-0.2, 0) is 18.0 Å².